The van der Waals surface area contributed by atoms with Gasteiger partial charge in [0.05, 0.1) is 4.90 Å². The van der Waals surface area contributed by atoms with Gasteiger partial charge in [-0.25, -0.2) is 23.1 Å². The van der Waals surface area contributed by atoms with Crippen molar-refractivity contribution in [1.29, 1.82) is 0 Å². The monoisotopic (exact) mass is 505 g/mol. The molecule has 2 aromatic carbocycles. The number of nitrogens with one attached hydrogen (secondary N) is 3. The van der Waals surface area contributed by atoms with Crippen molar-refractivity contribution in [2.75, 3.05) is 10.6 Å². The lowest BCUT2D eigenvalue weighted by Crippen LogP contribution is -2.40. The number of rotatable bonds is 8. The summed E-state index contributed by atoms with van der Waals surface area (Å²) in [6.07, 6.45) is 5.47. The Morgan fingerprint density at radius 2 is 1.69 bits per heavy atom. The Hall–Kier alpha value is -3.76. The maximum Gasteiger partial charge on any atom is 0.241 e. The van der Waals surface area contributed by atoms with E-state index in [1.807, 2.05) is 44.3 Å². The van der Waals surface area contributed by atoms with E-state index in [9.17, 15) is 8.42 Å². The van der Waals surface area contributed by atoms with E-state index in [2.05, 4.69) is 34.9 Å². The van der Waals surface area contributed by atoms with Crippen LogP contribution in [0.2, 0.25) is 0 Å². The van der Waals surface area contributed by atoms with Crippen molar-refractivity contribution >= 4 is 33.2 Å². The van der Waals surface area contributed by atoms with E-state index in [-0.39, 0.29) is 4.90 Å². The minimum Gasteiger partial charge on any atom is -0.340 e. The topological polar surface area (TPSA) is 114 Å². The predicted octanol–water partition coefficient (Wildman–Crippen LogP) is 4.90. The summed E-state index contributed by atoms with van der Waals surface area (Å²) in [6, 6.07) is 14.7. The van der Waals surface area contributed by atoms with Gasteiger partial charge in [-0.15, -0.1) is 0 Å². The van der Waals surface area contributed by atoms with E-state index in [0.717, 1.165) is 29.2 Å². The largest absolute Gasteiger partial charge is 0.340 e. The van der Waals surface area contributed by atoms with Gasteiger partial charge in [-0.1, -0.05) is 18.2 Å². The zero-order valence-corrected chi connectivity index (χ0v) is 21.9. The number of aryl methyl sites for hydroxylation is 2. The number of aromatic nitrogens is 4. The number of hydrogen-bond donors (Lipinski definition) is 3. The Labute approximate surface area is 212 Å². The predicted molar refractivity (Wildman–Crippen MR) is 142 cm³/mol. The van der Waals surface area contributed by atoms with Crippen LogP contribution in [-0.4, -0.2) is 33.5 Å². The second kappa shape index (κ2) is 10.1. The Morgan fingerprint density at radius 1 is 0.944 bits per heavy atom. The highest BCUT2D eigenvalue weighted by Crippen LogP contribution is 2.24. The van der Waals surface area contributed by atoms with Gasteiger partial charge in [-0.3, -0.25) is 0 Å². The molecule has 0 amide bonds. The van der Waals surface area contributed by atoms with Crippen LogP contribution in [0.15, 0.2) is 72.0 Å². The first kappa shape index (κ1) is 25.3. The summed E-state index contributed by atoms with van der Waals surface area (Å²) >= 11 is 0. The molecule has 0 aliphatic rings. The highest BCUT2D eigenvalue weighted by atomic mass is 32.2. The molecule has 0 radical (unpaired) electrons. The molecular formula is C26H31N7O2S. The summed E-state index contributed by atoms with van der Waals surface area (Å²) in [4.78, 5) is 13.4. The number of benzene rings is 2. The van der Waals surface area contributed by atoms with Gasteiger partial charge in [0.25, 0.3) is 0 Å². The third kappa shape index (κ3) is 6.46. The first-order chi connectivity index (χ1) is 17.0. The number of sulfonamides is 1. The molecule has 0 atom stereocenters. The summed E-state index contributed by atoms with van der Waals surface area (Å²) in [5, 5.41) is 6.45. The van der Waals surface area contributed by atoms with E-state index in [0.29, 0.717) is 17.5 Å². The Kier molecular flexibility index (Phi) is 7.09. The van der Waals surface area contributed by atoms with Gasteiger partial charge < -0.3 is 15.2 Å². The molecule has 0 saturated carbocycles. The molecule has 0 fully saturated rings. The van der Waals surface area contributed by atoms with Crippen LogP contribution < -0.4 is 15.4 Å². The molecule has 2 aromatic heterocycles. The van der Waals surface area contributed by atoms with E-state index in [1.165, 1.54) is 0 Å². The average Bonchev–Trinajstić information content (AvgIpc) is 3.20. The van der Waals surface area contributed by atoms with E-state index in [1.54, 1.807) is 57.4 Å². The van der Waals surface area contributed by atoms with Crippen molar-refractivity contribution in [2.24, 2.45) is 0 Å². The molecule has 188 valence electrons. The quantitative estimate of drug-likeness (QED) is 0.312. The molecule has 0 unspecified atom stereocenters. The molecule has 0 saturated heterocycles. The molecule has 9 nitrogen and oxygen atoms in total. The van der Waals surface area contributed by atoms with Crippen molar-refractivity contribution in [3.63, 3.8) is 0 Å². The van der Waals surface area contributed by atoms with Crippen LogP contribution in [0.25, 0.3) is 0 Å². The molecule has 10 heteroatoms. The molecule has 0 spiro atoms. The minimum absolute atomic E-state index is 0.179. The van der Waals surface area contributed by atoms with E-state index < -0.39 is 15.6 Å². The van der Waals surface area contributed by atoms with Crippen LogP contribution in [0.1, 0.15) is 37.7 Å². The van der Waals surface area contributed by atoms with Gasteiger partial charge in [-0.2, -0.15) is 4.98 Å². The molecule has 2 heterocycles. The molecule has 0 aliphatic heterocycles. The number of nitrogens with zero attached hydrogens (tertiary/aromatic N) is 4. The number of imidazole rings is 1. The van der Waals surface area contributed by atoms with Gasteiger partial charge in [-0.05, 0) is 70.5 Å². The van der Waals surface area contributed by atoms with Gasteiger partial charge in [0.15, 0.2) is 0 Å². The van der Waals surface area contributed by atoms with Gasteiger partial charge >= 0.3 is 0 Å². The zero-order valence-electron chi connectivity index (χ0n) is 21.1. The second-order valence-corrected chi connectivity index (χ2v) is 11.3. The molecule has 0 aliphatic carbocycles. The van der Waals surface area contributed by atoms with Gasteiger partial charge in [0.2, 0.25) is 16.0 Å². The van der Waals surface area contributed by atoms with Crippen molar-refractivity contribution in [2.45, 2.75) is 51.6 Å². The normalized spacial score (nSPS) is 11.9. The molecule has 4 rings (SSSR count). The lowest BCUT2D eigenvalue weighted by atomic mass is 10.1. The standard InChI is InChI=1S/C26H31N7O2S/c1-18-16-28-25(30-21-11-9-20(10-12-21)17-33-14-13-27-19(33)2)31-24(18)29-22-7-6-8-23(15-22)36(34,35)32-26(3,4)5/h6-16,32H,17H2,1-5H3,(H2,28,29,30,31). The van der Waals surface area contributed by atoms with Crippen molar-refractivity contribution < 1.29 is 8.42 Å². The van der Waals surface area contributed by atoms with Crippen LogP contribution in [-0.2, 0) is 16.6 Å². The van der Waals surface area contributed by atoms with Crippen molar-refractivity contribution in [3.8, 4) is 0 Å². The average molecular weight is 506 g/mol. The smallest absolute Gasteiger partial charge is 0.241 e. The fraction of sp³-hybridized carbons (Fsp3) is 0.269. The molecule has 4 aromatic rings. The molecule has 36 heavy (non-hydrogen) atoms. The zero-order chi connectivity index (χ0) is 25.9. The summed E-state index contributed by atoms with van der Waals surface area (Å²) in [7, 11) is -3.65. The fourth-order valence-corrected chi connectivity index (χ4v) is 5.02. The SMILES string of the molecule is Cc1cnc(Nc2ccc(Cn3ccnc3C)cc2)nc1Nc1cccc(S(=O)(=O)NC(C)(C)C)c1. The first-order valence-corrected chi connectivity index (χ1v) is 13.1. The van der Waals surface area contributed by atoms with Gasteiger partial charge in [0.1, 0.15) is 11.6 Å². The first-order valence-electron chi connectivity index (χ1n) is 11.6. The summed E-state index contributed by atoms with van der Waals surface area (Å²) in [5.41, 5.74) is 2.87. The fourth-order valence-electron chi connectivity index (χ4n) is 3.56. The highest BCUT2D eigenvalue weighted by molar-refractivity contribution is 7.89. The van der Waals surface area contributed by atoms with Gasteiger partial charge in [0, 0.05) is 47.6 Å². The highest BCUT2D eigenvalue weighted by Gasteiger charge is 2.22. The number of anilines is 4. The summed E-state index contributed by atoms with van der Waals surface area (Å²) in [5.74, 6) is 1.98. The second-order valence-electron chi connectivity index (χ2n) is 9.66. The van der Waals surface area contributed by atoms with Crippen LogP contribution in [0.3, 0.4) is 0 Å². The minimum atomic E-state index is -3.65. The lowest BCUT2D eigenvalue weighted by molar-refractivity contribution is 0.491. The molecule has 0 bridgehead atoms. The number of hydrogen-bond acceptors (Lipinski definition) is 7. The van der Waals surface area contributed by atoms with Crippen molar-refractivity contribution in [1.82, 2.24) is 24.2 Å². The lowest BCUT2D eigenvalue weighted by Gasteiger charge is -2.20. The Balaban J connectivity index is 1.48. The molecular weight excluding hydrogens is 474 g/mol. The maximum atomic E-state index is 12.7. The third-order valence-electron chi connectivity index (χ3n) is 5.31. The Bertz CT molecular complexity index is 1460. The van der Waals surface area contributed by atoms with Crippen LogP contribution in [0.4, 0.5) is 23.1 Å². The van der Waals surface area contributed by atoms with Crippen LogP contribution >= 0.6 is 0 Å². The summed E-state index contributed by atoms with van der Waals surface area (Å²) in [6.45, 7) is 10.0. The van der Waals surface area contributed by atoms with E-state index >= 15 is 0 Å². The van der Waals surface area contributed by atoms with Crippen molar-refractivity contribution in [3.05, 3.63) is 84.1 Å². The third-order valence-corrected chi connectivity index (χ3v) is 7.06. The summed E-state index contributed by atoms with van der Waals surface area (Å²) < 4.78 is 30.2. The molecule has 3 N–H and O–H groups in total. The Morgan fingerprint density at radius 3 is 2.36 bits per heavy atom. The maximum absolute atomic E-state index is 12.7. The van der Waals surface area contributed by atoms with Crippen LogP contribution in [0, 0.1) is 13.8 Å². The van der Waals surface area contributed by atoms with Crippen LogP contribution in [0.5, 0.6) is 0 Å². The van der Waals surface area contributed by atoms with E-state index in [4.69, 9.17) is 0 Å².